The van der Waals surface area contributed by atoms with Gasteiger partial charge in [-0.2, -0.15) is 13.2 Å². The summed E-state index contributed by atoms with van der Waals surface area (Å²) in [4.78, 5) is 11.0. The Bertz CT molecular complexity index is 415. The third kappa shape index (κ3) is 2.23. The molecule has 0 fully saturated rings. The SMILES string of the molecule is CC(=O)c1c(Cl)ccc(N)c1C(F)(F)F. The highest BCUT2D eigenvalue weighted by atomic mass is 35.5. The van der Waals surface area contributed by atoms with Gasteiger partial charge in [0.05, 0.1) is 16.1 Å². The van der Waals surface area contributed by atoms with Crippen molar-refractivity contribution in [2.45, 2.75) is 13.1 Å². The smallest absolute Gasteiger partial charge is 0.398 e. The number of carbonyl (C=O) groups excluding carboxylic acids is 1. The number of alkyl halides is 3. The second kappa shape index (κ2) is 3.73. The van der Waals surface area contributed by atoms with E-state index in [1.807, 2.05) is 0 Å². The molecule has 0 saturated heterocycles. The molecule has 82 valence electrons. The Hall–Kier alpha value is -1.23. The first-order valence-corrected chi connectivity index (χ1v) is 4.29. The molecule has 0 aromatic heterocycles. The Kier molecular flexibility index (Phi) is 2.95. The van der Waals surface area contributed by atoms with Crippen LogP contribution in [0.4, 0.5) is 18.9 Å². The van der Waals surface area contributed by atoms with Crippen LogP contribution in [0, 0.1) is 0 Å². The van der Waals surface area contributed by atoms with Gasteiger partial charge in [-0.05, 0) is 19.1 Å². The number of hydrogen-bond donors (Lipinski definition) is 1. The molecule has 1 aromatic carbocycles. The van der Waals surface area contributed by atoms with E-state index in [2.05, 4.69) is 0 Å². The van der Waals surface area contributed by atoms with Crippen molar-refractivity contribution in [3.63, 3.8) is 0 Å². The minimum atomic E-state index is -4.68. The quantitative estimate of drug-likeness (QED) is 0.602. The predicted octanol–water partition coefficient (Wildman–Crippen LogP) is 3.14. The van der Waals surface area contributed by atoms with Crippen molar-refractivity contribution in [1.29, 1.82) is 0 Å². The first kappa shape index (κ1) is 11.8. The summed E-state index contributed by atoms with van der Waals surface area (Å²) >= 11 is 5.53. The van der Waals surface area contributed by atoms with Crippen LogP contribution in [-0.2, 0) is 6.18 Å². The lowest BCUT2D eigenvalue weighted by Gasteiger charge is -2.14. The summed E-state index contributed by atoms with van der Waals surface area (Å²) in [5.41, 5.74) is 2.94. The van der Waals surface area contributed by atoms with E-state index in [1.165, 1.54) is 6.07 Å². The minimum absolute atomic E-state index is 0.246. The molecule has 0 aliphatic heterocycles. The number of carbonyl (C=O) groups is 1. The Morgan fingerprint density at radius 1 is 1.40 bits per heavy atom. The normalized spacial score (nSPS) is 11.5. The Labute approximate surface area is 88.8 Å². The molecule has 1 rings (SSSR count). The zero-order valence-corrected chi connectivity index (χ0v) is 8.41. The maximum Gasteiger partial charge on any atom is 0.419 e. The van der Waals surface area contributed by atoms with Crippen molar-refractivity contribution in [2.24, 2.45) is 0 Å². The molecule has 0 aliphatic carbocycles. The van der Waals surface area contributed by atoms with E-state index in [9.17, 15) is 18.0 Å². The van der Waals surface area contributed by atoms with Crippen LogP contribution < -0.4 is 5.73 Å². The molecule has 0 atom stereocenters. The number of hydrogen-bond acceptors (Lipinski definition) is 2. The molecule has 2 N–H and O–H groups in total. The fraction of sp³-hybridized carbons (Fsp3) is 0.222. The molecule has 6 heteroatoms. The zero-order chi connectivity index (χ0) is 11.8. The lowest BCUT2D eigenvalue weighted by Crippen LogP contribution is -2.15. The number of anilines is 1. The molecule has 2 nitrogen and oxygen atoms in total. The third-order valence-electron chi connectivity index (χ3n) is 1.82. The largest absolute Gasteiger partial charge is 0.419 e. The molecule has 15 heavy (non-hydrogen) atoms. The van der Waals surface area contributed by atoms with Gasteiger partial charge in [0.25, 0.3) is 0 Å². The van der Waals surface area contributed by atoms with E-state index in [0.717, 1.165) is 13.0 Å². The predicted molar refractivity (Wildman–Crippen MR) is 50.9 cm³/mol. The molecular weight excluding hydrogens is 231 g/mol. The van der Waals surface area contributed by atoms with Gasteiger partial charge in [-0.1, -0.05) is 11.6 Å². The van der Waals surface area contributed by atoms with Crippen molar-refractivity contribution in [3.05, 3.63) is 28.3 Å². The van der Waals surface area contributed by atoms with Crippen molar-refractivity contribution >= 4 is 23.1 Å². The first-order valence-electron chi connectivity index (χ1n) is 3.91. The summed E-state index contributed by atoms with van der Waals surface area (Å²) in [6.45, 7) is 1.01. The van der Waals surface area contributed by atoms with E-state index < -0.39 is 28.8 Å². The highest BCUT2D eigenvalue weighted by Gasteiger charge is 2.37. The number of halogens is 4. The second-order valence-corrected chi connectivity index (χ2v) is 3.35. The van der Waals surface area contributed by atoms with Gasteiger partial charge in [0.1, 0.15) is 0 Å². The standard InChI is InChI=1S/C9H7ClF3NO/c1-4(15)7-5(10)2-3-6(14)8(7)9(11,12)13/h2-3H,14H2,1H3. The minimum Gasteiger partial charge on any atom is -0.398 e. The average Bonchev–Trinajstić information content (AvgIpc) is 2.05. The van der Waals surface area contributed by atoms with E-state index in [-0.39, 0.29) is 5.02 Å². The fourth-order valence-corrected chi connectivity index (χ4v) is 1.53. The maximum atomic E-state index is 12.6. The number of Topliss-reactive ketones (excluding diaryl/α,β-unsaturated/α-hetero) is 1. The molecule has 0 bridgehead atoms. The highest BCUT2D eigenvalue weighted by molar-refractivity contribution is 6.34. The van der Waals surface area contributed by atoms with Gasteiger partial charge in [0.2, 0.25) is 0 Å². The van der Waals surface area contributed by atoms with Crippen LogP contribution >= 0.6 is 11.6 Å². The van der Waals surface area contributed by atoms with Crippen LogP contribution in [0.3, 0.4) is 0 Å². The third-order valence-corrected chi connectivity index (χ3v) is 2.14. The van der Waals surface area contributed by atoms with Crippen molar-refractivity contribution in [1.82, 2.24) is 0 Å². The average molecular weight is 238 g/mol. The lowest BCUT2D eigenvalue weighted by molar-refractivity contribution is -0.137. The molecular formula is C9H7ClF3NO. The Morgan fingerprint density at radius 3 is 2.27 bits per heavy atom. The summed E-state index contributed by atoms with van der Waals surface area (Å²) in [6, 6.07) is 2.19. The molecule has 0 saturated carbocycles. The topological polar surface area (TPSA) is 43.1 Å². The molecule has 0 unspecified atom stereocenters. The van der Waals surface area contributed by atoms with E-state index >= 15 is 0 Å². The summed E-state index contributed by atoms with van der Waals surface area (Å²) in [6.07, 6.45) is -4.68. The van der Waals surface area contributed by atoms with Gasteiger partial charge < -0.3 is 5.73 Å². The van der Waals surface area contributed by atoms with E-state index in [1.54, 1.807) is 0 Å². The van der Waals surface area contributed by atoms with Gasteiger partial charge >= 0.3 is 6.18 Å². The van der Waals surface area contributed by atoms with Gasteiger partial charge in [-0.3, -0.25) is 4.79 Å². The van der Waals surface area contributed by atoms with Crippen LogP contribution in [0.1, 0.15) is 22.8 Å². The first-order chi connectivity index (χ1) is 6.75. The van der Waals surface area contributed by atoms with Gasteiger partial charge in [0.15, 0.2) is 5.78 Å². The van der Waals surface area contributed by atoms with E-state index in [4.69, 9.17) is 17.3 Å². The van der Waals surface area contributed by atoms with Crippen LogP contribution in [0.15, 0.2) is 12.1 Å². The molecule has 0 aliphatic rings. The molecule has 0 amide bonds. The van der Waals surface area contributed by atoms with Crippen LogP contribution in [0.25, 0.3) is 0 Å². The van der Waals surface area contributed by atoms with Crippen molar-refractivity contribution in [2.75, 3.05) is 5.73 Å². The van der Waals surface area contributed by atoms with Crippen LogP contribution in [-0.4, -0.2) is 5.78 Å². The van der Waals surface area contributed by atoms with Crippen LogP contribution in [0.2, 0.25) is 5.02 Å². The van der Waals surface area contributed by atoms with Crippen LogP contribution in [0.5, 0.6) is 0 Å². The summed E-state index contributed by atoms with van der Waals surface area (Å²) in [5.74, 6) is -0.764. The lowest BCUT2D eigenvalue weighted by atomic mass is 10.0. The number of ketones is 1. The number of benzene rings is 1. The van der Waals surface area contributed by atoms with Crippen molar-refractivity contribution < 1.29 is 18.0 Å². The monoisotopic (exact) mass is 237 g/mol. The number of nitrogens with two attached hydrogens (primary N) is 1. The zero-order valence-electron chi connectivity index (χ0n) is 7.65. The second-order valence-electron chi connectivity index (χ2n) is 2.94. The number of nitrogen functional groups attached to an aromatic ring is 1. The van der Waals surface area contributed by atoms with Crippen molar-refractivity contribution in [3.8, 4) is 0 Å². The maximum absolute atomic E-state index is 12.6. The number of rotatable bonds is 1. The summed E-state index contributed by atoms with van der Waals surface area (Å²) < 4.78 is 37.7. The molecule has 1 aromatic rings. The Morgan fingerprint density at radius 2 is 1.93 bits per heavy atom. The van der Waals surface area contributed by atoms with Gasteiger partial charge in [-0.25, -0.2) is 0 Å². The highest BCUT2D eigenvalue weighted by Crippen LogP contribution is 2.39. The molecule has 0 radical (unpaired) electrons. The molecule has 0 spiro atoms. The van der Waals surface area contributed by atoms with E-state index in [0.29, 0.717) is 0 Å². The Balaban J connectivity index is 3.60. The summed E-state index contributed by atoms with van der Waals surface area (Å²) in [5, 5.41) is -0.246. The van der Waals surface area contributed by atoms with Gasteiger partial charge in [-0.15, -0.1) is 0 Å². The summed E-state index contributed by atoms with van der Waals surface area (Å²) in [7, 11) is 0. The van der Waals surface area contributed by atoms with Gasteiger partial charge in [0, 0.05) is 5.69 Å². The molecule has 0 heterocycles. The fourth-order valence-electron chi connectivity index (χ4n) is 1.24.